The number of nitrogens with zero attached hydrogens (tertiary/aromatic N) is 1. The summed E-state index contributed by atoms with van der Waals surface area (Å²) in [4.78, 5) is 12.7. The third kappa shape index (κ3) is 2.50. The average molecular weight is 318 g/mol. The number of benzene rings is 2. The Morgan fingerprint density at radius 3 is 2.71 bits per heavy atom. The third-order valence-electron chi connectivity index (χ3n) is 4.71. The average Bonchev–Trinajstić information content (AvgIpc) is 3.06. The van der Waals surface area contributed by atoms with Crippen LogP contribution < -0.4 is 5.73 Å². The summed E-state index contributed by atoms with van der Waals surface area (Å²) in [5, 5.41) is 4.09. The third-order valence-corrected chi connectivity index (χ3v) is 4.71. The highest BCUT2D eigenvalue weighted by Crippen LogP contribution is 2.38. The van der Waals surface area contributed by atoms with Crippen LogP contribution in [0.15, 0.2) is 59.3 Å². The van der Waals surface area contributed by atoms with Crippen molar-refractivity contribution in [3.05, 3.63) is 82.7 Å². The van der Waals surface area contributed by atoms with Gasteiger partial charge in [0.15, 0.2) is 5.78 Å². The molecule has 0 aliphatic heterocycles. The van der Waals surface area contributed by atoms with E-state index in [2.05, 4.69) is 11.2 Å². The smallest absolute Gasteiger partial charge is 0.193 e. The molecule has 1 aromatic heterocycles. The normalized spacial score (nSPS) is 16.6. The number of fused-ring (bicyclic) bond motifs is 1. The minimum absolute atomic E-state index is 0.0378. The Labute approximate surface area is 140 Å². The van der Waals surface area contributed by atoms with E-state index in [9.17, 15) is 4.79 Å². The van der Waals surface area contributed by atoms with Crippen molar-refractivity contribution in [1.29, 1.82) is 0 Å². The maximum absolute atomic E-state index is 12.7. The molecule has 1 heterocycles. The Balaban J connectivity index is 1.76. The molecule has 0 fully saturated rings. The number of aromatic nitrogens is 1. The highest BCUT2D eigenvalue weighted by atomic mass is 16.5. The van der Waals surface area contributed by atoms with Crippen LogP contribution in [0.1, 0.15) is 51.5 Å². The molecule has 0 spiro atoms. The van der Waals surface area contributed by atoms with Gasteiger partial charge >= 0.3 is 0 Å². The molecule has 2 aromatic carbocycles. The lowest BCUT2D eigenvalue weighted by Crippen LogP contribution is -2.14. The summed E-state index contributed by atoms with van der Waals surface area (Å²) >= 11 is 0. The highest BCUT2D eigenvalue weighted by molar-refractivity contribution is 6.09. The number of nitrogens with two attached hydrogens (primary N) is 1. The van der Waals surface area contributed by atoms with Gasteiger partial charge in [-0.15, -0.1) is 0 Å². The predicted molar refractivity (Wildman–Crippen MR) is 92.0 cm³/mol. The summed E-state index contributed by atoms with van der Waals surface area (Å²) < 4.78 is 5.02. The van der Waals surface area contributed by atoms with Crippen LogP contribution in [0.3, 0.4) is 0 Å². The van der Waals surface area contributed by atoms with Crippen LogP contribution in [-0.4, -0.2) is 10.9 Å². The van der Waals surface area contributed by atoms with Crippen LogP contribution in [0.25, 0.3) is 0 Å². The van der Waals surface area contributed by atoms with Crippen LogP contribution in [0.5, 0.6) is 0 Å². The molecule has 0 saturated carbocycles. The summed E-state index contributed by atoms with van der Waals surface area (Å²) in [6, 6.07) is 15.3. The number of carbonyl (C=O) groups is 1. The van der Waals surface area contributed by atoms with E-state index >= 15 is 0 Å². The minimum atomic E-state index is 0.0378. The Morgan fingerprint density at radius 2 is 1.96 bits per heavy atom. The van der Waals surface area contributed by atoms with Crippen LogP contribution in [0.4, 0.5) is 5.69 Å². The van der Waals surface area contributed by atoms with Gasteiger partial charge in [-0.3, -0.25) is 4.79 Å². The topological polar surface area (TPSA) is 69.1 Å². The molecule has 4 nitrogen and oxygen atoms in total. The van der Waals surface area contributed by atoms with Gasteiger partial charge in [-0.05, 0) is 36.5 Å². The molecule has 1 atom stereocenters. The SMILES string of the molecule is Nc1conc1C1CCCc2ccc(C(=O)c3ccccc3)cc21. The van der Waals surface area contributed by atoms with Gasteiger partial charge in [0.1, 0.15) is 12.0 Å². The van der Waals surface area contributed by atoms with Crippen molar-refractivity contribution in [2.45, 2.75) is 25.2 Å². The molecule has 0 bridgehead atoms. The first-order valence-corrected chi connectivity index (χ1v) is 8.16. The van der Waals surface area contributed by atoms with Crippen molar-refractivity contribution in [2.75, 3.05) is 5.73 Å². The number of aryl methyl sites for hydroxylation is 1. The van der Waals surface area contributed by atoms with Gasteiger partial charge < -0.3 is 10.3 Å². The number of carbonyl (C=O) groups excluding carboxylic acids is 1. The number of rotatable bonds is 3. The largest absolute Gasteiger partial charge is 0.395 e. The lowest BCUT2D eigenvalue weighted by atomic mass is 9.79. The Bertz CT molecular complexity index is 884. The molecule has 1 aliphatic carbocycles. The molecule has 0 radical (unpaired) electrons. The van der Waals surface area contributed by atoms with E-state index in [1.807, 2.05) is 42.5 Å². The zero-order valence-electron chi connectivity index (χ0n) is 13.2. The second-order valence-corrected chi connectivity index (χ2v) is 6.21. The lowest BCUT2D eigenvalue weighted by Gasteiger charge is -2.25. The summed E-state index contributed by atoms with van der Waals surface area (Å²) in [5.41, 5.74) is 11.2. The monoisotopic (exact) mass is 318 g/mol. The van der Waals surface area contributed by atoms with Gasteiger partial charge in [0.2, 0.25) is 0 Å². The van der Waals surface area contributed by atoms with Gasteiger partial charge in [0.05, 0.1) is 5.69 Å². The van der Waals surface area contributed by atoms with Gasteiger partial charge in [0.25, 0.3) is 0 Å². The fraction of sp³-hybridized carbons (Fsp3) is 0.200. The molecule has 120 valence electrons. The molecule has 2 N–H and O–H groups in total. The summed E-state index contributed by atoms with van der Waals surface area (Å²) in [6.45, 7) is 0. The van der Waals surface area contributed by atoms with Crippen molar-refractivity contribution >= 4 is 11.5 Å². The van der Waals surface area contributed by atoms with E-state index in [1.54, 1.807) is 0 Å². The summed E-state index contributed by atoms with van der Waals surface area (Å²) in [5.74, 6) is 0.131. The molecular formula is C20H18N2O2. The van der Waals surface area contributed by atoms with E-state index in [1.165, 1.54) is 11.8 Å². The number of nitrogen functional groups attached to an aromatic ring is 1. The van der Waals surface area contributed by atoms with Crippen molar-refractivity contribution in [3.8, 4) is 0 Å². The van der Waals surface area contributed by atoms with Crippen molar-refractivity contribution in [1.82, 2.24) is 5.16 Å². The van der Waals surface area contributed by atoms with E-state index in [0.717, 1.165) is 30.5 Å². The minimum Gasteiger partial charge on any atom is -0.395 e. The van der Waals surface area contributed by atoms with Gasteiger partial charge in [0, 0.05) is 17.0 Å². The van der Waals surface area contributed by atoms with Crippen LogP contribution in [0.2, 0.25) is 0 Å². The fourth-order valence-corrected chi connectivity index (χ4v) is 3.50. The second-order valence-electron chi connectivity index (χ2n) is 6.21. The fourth-order valence-electron chi connectivity index (χ4n) is 3.50. The lowest BCUT2D eigenvalue weighted by molar-refractivity contribution is 0.103. The maximum Gasteiger partial charge on any atom is 0.193 e. The van der Waals surface area contributed by atoms with E-state index < -0.39 is 0 Å². The number of ketones is 1. The van der Waals surface area contributed by atoms with E-state index in [-0.39, 0.29) is 11.7 Å². The highest BCUT2D eigenvalue weighted by Gasteiger charge is 2.27. The zero-order chi connectivity index (χ0) is 16.5. The van der Waals surface area contributed by atoms with Crippen molar-refractivity contribution in [3.63, 3.8) is 0 Å². The molecule has 4 rings (SSSR count). The number of hydrogen-bond donors (Lipinski definition) is 1. The summed E-state index contributed by atoms with van der Waals surface area (Å²) in [7, 11) is 0. The molecule has 1 unspecified atom stereocenters. The molecule has 3 aromatic rings. The molecular weight excluding hydrogens is 300 g/mol. The Hall–Kier alpha value is -2.88. The van der Waals surface area contributed by atoms with Crippen LogP contribution in [0, 0.1) is 0 Å². The van der Waals surface area contributed by atoms with Gasteiger partial charge in [-0.25, -0.2) is 0 Å². The van der Waals surface area contributed by atoms with Gasteiger partial charge in [-0.1, -0.05) is 47.6 Å². The number of anilines is 1. The van der Waals surface area contributed by atoms with Crippen molar-refractivity contribution < 1.29 is 9.32 Å². The van der Waals surface area contributed by atoms with Gasteiger partial charge in [-0.2, -0.15) is 0 Å². The molecule has 1 aliphatic rings. The number of hydrogen-bond acceptors (Lipinski definition) is 4. The summed E-state index contributed by atoms with van der Waals surface area (Å²) in [6.07, 6.45) is 4.54. The molecule has 0 saturated heterocycles. The first-order chi connectivity index (χ1) is 11.7. The molecule has 4 heteroatoms. The first kappa shape index (κ1) is 14.7. The van der Waals surface area contributed by atoms with E-state index in [0.29, 0.717) is 16.8 Å². The van der Waals surface area contributed by atoms with Crippen LogP contribution >= 0.6 is 0 Å². The zero-order valence-corrected chi connectivity index (χ0v) is 13.2. The Kier molecular flexibility index (Phi) is 3.65. The quantitative estimate of drug-likeness (QED) is 0.742. The van der Waals surface area contributed by atoms with Crippen molar-refractivity contribution in [2.24, 2.45) is 0 Å². The Morgan fingerprint density at radius 1 is 1.12 bits per heavy atom. The standard InChI is InChI=1S/C20H18N2O2/c21-18-12-24-22-19(18)16-8-4-7-13-9-10-15(11-17(13)16)20(23)14-5-2-1-3-6-14/h1-3,5-6,9-12,16H,4,7-8,21H2. The molecule has 24 heavy (non-hydrogen) atoms. The second kappa shape index (κ2) is 5.96. The predicted octanol–water partition coefficient (Wildman–Crippen LogP) is 3.96. The molecule has 0 amide bonds. The maximum atomic E-state index is 12.7. The first-order valence-electron chi connectivity index (χ1n) is 8.16. The van der Waals surface area contributed by atoms with E-state index in [4.69, 9.17) is 10.3 Å². The van der Waals surface area contributed by atoms with Crippen LogP contribution in [-0.2, 0) is 6.42 Å².